The summed E-state index contributed by atoms with van der Waals surface area (Å²) in [4.78, 5) is 15.9. The third kappa shape index (κ3) is 4.90. The zero-order valence-corrected chi connectivity index (χ0v) is 16.9. The molecule has 146 valence electrons. The lowest BCUT2D eigenvalue weighted by molar-refractivity contribution is 0.0942. The highest BCUT2D eigenvalue weighted by Crippen LogP contribution is 2.30. The Morgan fingerprint density at radius 3 is 2.59 bits per heavy atom. The molecule has 0 amide bonds. The van der Waals surface area contributed by atoms with Crippen molar-refractivity contribution in [2.45, 2.75) is 37.0 Å². The summed E-state index contributed by atoms with van der Waals surface area (Å²) in [6.07, 6.45) is 6.40. The molecule has 0 radical (unpaired) electrons. The molecule has 2 aromatic rings. The topological polar surface area (TPSA) is 80.5 Å². The van der Waals surface area contributed by atoms with E-state index in [1.165, 1.54) is 35.0 Å². The van der Waals surface area contributed by atoms with Crippen molar-refractivity contribution in [1.82, 2.24) is 9.29 Å². The normalized spacial score (nSPS) is 16.5. The van der Waals surface area contributed by atoms with Crippen molar-refractivity contribution in [3.63, 3.8) is 0 Å². The summed E-state index contributed by atoms with van der Waals surface area (Å²) < 4.78 is 32.0. The monoisotopic (exact) mass is 430 g/mol. The van der Waals surface area contributed by atoms with Gasteiger partial charge >= 0.3 is 0 Å². The number of sulfonamides is 1. The molecule has 9 heteroatoms. The minimum absolute atomic E-state index is 0.0976. The molecule has 1 aromatic carbocycles. The molecule has 1 fully saturated rings. The van der Waals surface area contributed by atoms with Crippen molar-refractivity contribution >= 4 is 39.0 Å². The van der Waals surface area contributed by atoms with Crippen molar-refractivity contribution < 1.29 is 17.6 Å². The number of piperidine rings is 1. The van der Waals surface area contributed by atoms with Crippen molar-refractivity contribution in [3.8, 4) is 0 Å². The number of nitrogens with zero attached hydrogens (tertiary/aromatic N) is 2. The van der Waals surface area contributed by atoms with Gasteiger partial charge in [-0.2, -0.15) is 4.31 Å². The third-order valence-electron chi connectivity index (χ3n) is 4.79. The summed E-state index contributed by atoms with van der Waals surface area (Å²) in [6, 6.07) is 4.36. The second-order valence-electron chi connectivity index (χ2n) is 6.58. The molecule has 3 rings (SSSR count). The van der Waals surface area contributed by atoms with Gasteiger partial charge in [0.15, 0.2) is 0 Å². The van der Waals surface area contributed by atoms with Gasteiger partial charge in [0.05, 0.1) is 21.1 Å². The van der Waals surface area contributed by atoms with E-state index >= 15 is 0 Å². The van der Waals surface area contributed by atoms with Gasteiger partial charge in [-0.05, 0) is 49.8 Å². The quantitative estimate of drug-likeness (QED) is 0.606. The fraction of sp³-hybridized carbons (Fsp3) is 0.444. The van der Waals surface area contributed by atoms with E-state index < -0.39 is 10.0 Å². The maximum atomic E-state index is 12.8. The number of hydrogen-bond donors (Lipinski definition) is 0. The number of carbonyl (C=O) groups is 1. The molecule has 1 aliphatic rings. The molecule has 0 spiro atoms. The van der Waals surface area contributed by atoms with Gasteiger partial charge in [-0.3, -0.25) is 4.79 Å². The van der Waals surface area contributed by atoms with E-state index in [1.54, 1.807) is 0 Å². The lowest BCUT2D eigenvalue weighted by Crippen LogP contribution is -2.38. The fourth-order valence-electron chi connectivity index (χ4n) is 3.24. The molecule has 0 bridgehead atoms. The number of hydrogen-bond acceptors (Lipinski definition) is 5. The lowest BCUT2D eigenvalue weighted by Gasteiger charge is -2.31. The van der Waals surface area contributed by atoms with E-state index in [1.807, 2.05) is 0 Å². The lowest BCUT2D eigenvalue weighted by atomic mass is 9.92. The number of carbonyl (C=O) groups excluding carboxylic acids is 1. The van der Waals surface area contributed by atoms with Crippen molar-refractivity contribution in [2.24, 2.45) is 5.92 Å². The summed E-state index contributed by atoms with van der Waals surface area (Å²) in [5.74, 6) is 0.458. The van der Waals surface area contributed by atoms with E-state index in [2.05, 4.69) is 4.98 Å². The number of aromatic nitrogens is 1. The summed E-state index contributed by atoms with van der Waals surface area (Å²) >= 11 is 11.8. The second-order valence-corrected chi connectivity index (χ2v) is 9.33. The van der Waals surface area contributed by atoms with Gasteiger partial charge in [0.1, 0.15) is 6.26 Å². The first-order valence-corrected chi connectivity index (χ1v) is 11.0. The summed E-state index contributed by atoms with van der Waals surface area (Å²) in [5.41, 5.74) is 0. The van der Waals surface area contributed by atoms with Gasteiger partial charge in [0, 0.05) is 19.5 Å². The van der Waals surface area contributed by atoms with E-state index in [0.29, 0.717) is 30.5 Å². The first-order valence-electron chi connectivity index (χ1n) is 8.76. The summed E-state index contributed by atoms with van der Waals surface area (Å²) in [6.45, 7) is 0.919. The van der Waals surface area contributed by atoms with Gasteiger partial charge in [-0.15, -0.1) is 0 Å². The van der Waals surface area contributed by atoms with E-state index in [9.17, 15) is 13.2 Å². The van der Waals surface area contributed by atoms with E-state index in [-0.39, 0.29) is 21.6 Å². The number of rotatable bonds is 7. The van der Waals surface area contributed by atoms with Crippen LogP contribution in [0.5, 0.6) is 0 Å². The third-order valence-corrected chi connectivity index (χ3v) is 7.42. The Hall–Kier alpha value is -1.41. The second kappa shape index (κ2) is 8.73. The molecule has 0 unspecified atom stereocenters. The predicted molar refractivity (Wildman–Crippen MR) is 103 cm³/mol. The Labute approximate surface area is 168 Å². The maximum Gasteiger partial charge on any atom is 0.263 e. The number of benzene rings is 1. The number of oxazole rings is 1. The SMILES string of the molecule is O=C(CCCC1CCN(S(=O)(=O)c2ccc(Cl)c(Cl)c2)CC1)c1ncco1. The van der Waals surface area contributed by atoms with Crippen molar-refractivity contribution in [3.05, 3.63) is 46.6 Å². The molecule has 0 saturated carbocycles. The molecule has 1 saturated heterocycles. The smallest absolute Gasteiger partial charge is 0.263 e. The Morgan fingerprint density at radius 1 is 1.22 bits per heavy atom. The highest BCUT2D eigenvalue weighted by molar-refractivity contribution is 7.89. The van der Waals surface area contributed by atoms with Crippen LogP contribution in [-0.2, 0) is 10.0 Å². The van der Waals surface area contributed by atoms with Crippen LogP contribution < -0.4 is 0 Å². The van der Waals surface area contributed by atoms with Crippen molar-refractivity contribution in [1.29, 1.82) is 0 Å². The fourth-order valence-corrected chi connectivity index (χ4v) is 5.10. The molecule has 27 heavy (non-hydrogen) atoms. The van der Waals surface area contributed by atoms with E-state index in [0.717, 1.165) is 25.7 Å². The van der Waals surface area contributed by atoms with Crippen LogP contribution in [0.25, 0.3) is 0 Å². The minimum atomic E-state index is -3.57. The minimum Gasteiger partial charge on any atom is -0.442 e. The largest absolute Gasteiger partial charge is 0.442 e. The van der Waals surface area contributed by atoms with Crippen LogP contribution in [0.1, 0.15) is 42.8 Å². The molecule has 1 aliphatic heterocycles. The van der Waals surface area contributed by atoms with Crippen LogP contribution in [0.4, 0.5) is 0 Å². The molecule has 0 atom stereocenters. The number of Topliss-reactive ketones (excluding diaryl/α,β-unsaturated/α-hetero) is 1. The van der Waals surface area contributed by atoms with Crippen LogP contribution in [0.15, 0.2) is 40.0 Å². The highest BCUT2D eigenvalue weighted by atomic mass is 35.5. The molecular formula is C18H20Cl2N2O4S. The van der Waals surface area contributed by atoms with Crippen LogP contribution in [0.3, 0.4) is 0 Å². The van der Waals surface area contributed by atoms with Gasteiger partial charge in [0.2, 0.25) is 15.8 Å². The molecule has 2 heterocycles. The van der Waals surface area contributed by atoms with Gasteiger partial charge in [-0.25, -0.2) is 13.4 Å². The highest BCUT2D eigenvalue weighted by Gasteiger charge is 2.29. The van der Waals surface area contributed by atoms with Crippen LogP contribution in [0, 0.1) is 5.92 Å². The van der Waals surface area contributed by atoms with Crippen LogP contribution >= 0.6 is 23.2 Å². The van der Waals surface area contributed by atoms with Crippen LogP contribution in [0.2, 0.25) is 10.0 Å². The standard InChI is InChI=1S/C18H20Cl2N2O4S/c19-15-5-4-14(12-16(15)20)27(24,25)22-9-6-13(7-10-22)2-1-3-17(23)18-21-8-11-26-18/h4-5,8,11-13H,1-3,6-7,9-10H2. The van der Waals surface area contributed by atoms with Gasteiger partial charge in [-0.1, -0.05) is 23.2 Å². The predicted octanol–water partition coefficient (Wildman–Crippen LogP) is 4.44. The summed E-state index contributed by atoms with van der Waals surface area (Å²) in [7, 11) is -3.57. The molecule has 0 aliphatic carbocycles. The first-order chi connectivity index (χ1) is 12.9. The van der Waals surface area contributed by atoms with Crippen LogP contribution in [-0.4, -0.2) is 36.6 Å². The number of ketones is 1. The van der Waals surface area contributed by atoms with Crippen molar-refractivity contribution in [2.75, 3.05) is 13.1 Å². The average molecular weight is 431 g/mol. The molecule has 0 N–H and O–H groups in total. The van der Waals surface area contributed by atoms with Gasteiger partial charge < -0.3 is 4.42 Å². The Morgan fingerprint density at radius 2 is 1.96 bits per heavy atom. The van der Waals surface area contributed by atoms with Gasteiger partial charge in [0.25, 0.3) is 5.89 Å². The first kappa shape index (κ1) is 20.3. The Kier molecular flexibility index (Phi) is 6.57. The zero-order valence-electron chi connectivity index (χ0n) is 14.6. The molecular weight excluding hydrogens is 411 g/mol. The Balaban J connectivity index is 1.49. The number of halogens is 2. The molecule has 6 nitrogen and oxygen atoms in total. The zero-order chi connectivity index (χ0) is 19.4. The van der Waals surface area contributed by atoms with E-state index in [4.69, 9.17) is 27.6 Å². The maximum absolute atomic E-state index is 12.8. The Bertz CT molecular complexity index is 892. The summed E-state index contributed by atoms with van der Waals surface area (Å²) in [5, 5.41) is 0.553. The molecule has 1 aromatic heterocycles. The average Bonchev–Trinajstić information content (AvgIpc) is 3.19.